The number of aromatic nitrogens is 1. The zero-order chi connectivity index (χ0) is 18.3. The van der Waals surface area contributed by atoms with Gasteiger partial charge < -0.3 is 20.1 Å². The molecule has 1 amide bonds. The lowest BCUT2D eigenvalue weighted by molar-refractivity contribution is 0.0942. The van der Waals surface area contributed by atoms with Crippen LogP contribution in [0.25, 0.3) is 0 Å². The summed E-state index contributed by atoms with van der Waals surface area (Å²) in [5.74, 6) is 1.27. The van der Waals surface area contributed by atoms with Crippen LogP contribution >= 0.6 is 0 Å². The molecule has 2 N–H and O–H groups in total. The third-order valence-corrected chi connectivity index (χ3v) is 3.23. The number of ether oxygens (including phenoxy) is 2. The van der Waals surface area contributed by atoms with Gasteiger partial charge in [0.15, 0.2) is 0 Å². The fraction of sp³-hybridized carbons (Fsp3) is 0.368. The highest BCUT2D eigenvalue weighted by Crippen LogP contribution is 2.17. The van der Waals surface area contributed by atoms with Crippen LogP contribution < -0.4 is 20.1 Å². The highest BCUT2D eigenvalue weighted by atomic mass is 16.5. The van der Waals surface area contributed by atoms with Crippen molar-refractivity contribution in [2.75, 3.05) is 25.6 Å². The Kier molecular flexibility index (Phi) is 6.22. The molecule has 6 nitrogen and oxygen atoms in total. The van der Waals surface area contributed by atoms with Crippen LogP contribution in [0.3, 0.4) is 0 Å². The Morgan fingerprint density at radius 3 is 2.44 bits per heavy atom. The summed E-state index contributed by atoms with van der Waals surface area (Å²) < 4.78 is 10.7. The molecular formula is C19H25N3O3. The zero-order valence-corrected chi connectivity index (χ0v) is 15.1. The minimum atomic E-state index is -0.226. The Balaban J connectivity index is 1.80. The first kappa shape index (κ1) is 18.6. The lowest BCUT2D eigenvalue weighted by Crippen LogP contribution is -2.29. The lowest BCUT2D eigenvalue weighted by Gasteiger charge is -2.22. The standard InChI is InChI=1S/C19H25N3O3/c1-19(2,3)22-14-9-10-20-17(13-14)18(23)21-11-12-25-16-7-5-15(24-4)6-8-16/h5-10,13H,11-12H2,1-4H3,(H,20,22)(H,21,23). The number of hydrogen-bond donors (Lipinski definition) is 2. The van der Waals surface area contributed by atoms with Crippen LogP contribution in [0.1, 0.15) is 31.3 Å². The van der Waals surface area contributed by atoms with Crippen LogP contribution in [-0.2, 0) is 0 Å². The predicted molar refractivity (Wildman–Crippen MR) is 98.4 cm³/mol. The molecule has 1 aromatic heterocycles. The SMILES string of the molecule is COc1ccc(OCCNC(=O)c2cc(NC(C)(C)C)ccn2)cc1. The van der Waals surface area contributed by atoms with Crippen molar-refractivity contribution in [1.29, 1.82) is 0 Å². The highest BCUT2D eigenvalue weighted by Gasteiger charge is 2.12. The van der Waals surface area contributed by atoms with Gasteiger partial charge in [0.2, 0.25) is 0 Å². The van der Waals surface area contributed by atoms with E-state index in [0.29, 0.717) is 18.8 Å². The van der Waals surface area contributed by atoms with Gasteiger partial charge in [-0.3, -0.25) is 9.78 Å². The molecule has 0 bridgehead atoms. The molecule has 0 aliphatic rings. The molecule has 1 aromatic carbocycles. The Labute approximate surface area is 148 Å². The molecule has 2 aromatic rings. The second-order valence-electron chi connectivity index (χ2n) is 6.58. The van der Waals surface area contributed by atoms with Crippen molar-refractivity contribution in [3.8, 4) is 11.5 Å². The van der Waals surface area contributed by atoms with Crippen molar-refractivity contribution in [1.82, 2.24) is 10.3 Å². The van der Waals surface area contributed by atoms with Crippen molar-refractivity contribution >= 4 is 11.6 Å². The van der Waals surface area contributed by atoms with E-state index < -0.39 is 0 Å². The first-order valence-corrected chi connectivity index (χ1v) is 8.17. The first-order chi connectivity index (χ1) is 11.9. The molecule has 0 fully saturated rings. The predicted octanol–water partition coefficient (Wildman–Crippen LogP) is 3.11. The molecule has 2 rings (SSSR count). The van der Waals surface area contributed by atoms with Gasteiger partial charge in [0.1, 0.15) is 23.8 Å². The van der Waals surface area contributed by atoms with Gasteiger partial charge >= 0.3 is 0 Å². The molecule has 0 saturated heterocycles. The summed E-state index contributed by atoms with van der Waals surface area (Å²) >= 11 is 0. The normalized spacial score (nSPS) is 10.9. The highest BCUT2D eigenvalue weighted by molar-refractivity contribution is 5.93. The van der Waals surface area contributed by atoms with Crippen LogP contribution in [-0.4, -0.2) is 36.7 Å². The fourth-order valence-electron chi connectivity index (χ4n) is 2.16. The molecule has 25 heavy (non-hydrogen) atoms. The smallest absolute Gasteiger partial charge is 0.270 e. The van der Waals surface area contributed by atoms with Gasteiger partial charge in [-0.15, -0.1) is 0 Å². The quantitative estimate of drug-likeness (QED) is 0.756. The van der Waals surface area contributed by atoms with Gasteiger partial charge in [0.25, 0.3) is 5.91 Å². The fourth-order valence-corrected chi connectivity index (χ4v) is 2.16. The molecule has 0 aliphatic carbocycles. The van der Waals surface area contributed by atoms with Crippen molar-refractivity contribution < 1.29 is 14.3 Å². The Morgan fingerprint density at radius 2 is 1.80 bits per heavy atom. The second-order valence-corrected chi connectivity index (χ2v) is 6.58. The summed E-state index contributed by atoms with van der Waals surface area (Å²) in [6.45, 7) is 6.94. The summed E-state index contributed by atoms with van der Waals surface area (Å²) in [6, 6.07) is 10.9. The van der Waals surface area contributed by atoms with E-state index in [4.69, 9.17) is 9.47 Å². The van der Waals surface area contributed by atoms with Crippen molar-refractivity contribution in [2.24, 2.45) is 0 Å². The Bertz CT molecular complexity index is 694. The number of rotatable bonds is 7. The van der Waals surface area contributed by atoms with Crippen LogP contribution in [0.15, 0.2) is 42.6 Å². The van der Waals surface area contributed by atoms with E-state index in [9.17, 15) is 4.79 Å². The van der Waals surface area contributed by atoms with E-state index in [-0.39, 0.29) is 11.4 Å². The van der Waals surface area contributed by atoms with Gasteiger partial charge in [-0.05, 0) is 57.2 Å². The number of nitrogens with one attached hydrogen (secondary N) is 2. The summed E-state index contributed by atoms with van der Waals surface area (Å²) in [5.41, 5.74) is 1.15. The van der Waals surface area contributed by atoms with Crippen LogP contribution in [0.2, 0.25) is 0 Å². The van der Waals surface area contributed by atoms with E-state index in [1.165, 1.54) is 0 Å². The topological polar surface area (TPSA) is 72.5 Å². The van der Waals surface area contributed by atoms with E-state index in [1.807, 2.05) is 30.3 Å². The van der Waals surface area contributed by atoms with Crippen molar-refractivity contribution in [3.63, 3.8) is 0 Å². The molecule has 134 valence electrons. The molecular weight excluding hydrogens is 318 g/mol. The van der Waals surface area contributed by atoms with Crippen LogP contribution in [0, 0.1) is 0 Å². The molecule has 0 saturated carbocycles. The number of nitrogens with zero attached hydrogens (tertiary/aromatic N) is 1. The zero-order valence-electron chi connectivity index (χ0n) is 15.1. The number of pyridine rings is 1. The molecule has 6 heteroatoms. The number of benzene rings is 1. The minimum absolute atomic E-state index is 0.0820. The second kappa shape index (κ2) is 8.37. The van der Waals surface area contributed by atoms with Gasteiger partial charge in [-0.1, -0.05) is 0 Å². The molecule has 0 radical (unpaired) electrons. The molecule has 1 heterocycles. The maximum absolute atomic E-state index is 12.2. The van der Waals surface area contributed by atoms with Crippen molar-refractivity contribution in [3.05, 3.63) is 48.3 Å². The van der Waals surface area contributed by atoms with E-state index in [2.05, 4.69) is 36.4 Å². The number of hydrogen-bond acceptors (Lipinski definition) is 5. The van der Waals surface area contributed by atoms with E-state index in [0.717, 1.165) is 17.2 Å². The average molecular weight is 343 g/mol. The van der Waals surface area contributed by atoms with Gasteiger partial charge in [0, 0.05) is 17.4 Å². The number of anilines is 1. The molecule has 0 unspecified atom stereocenters. The third kappa shape index (κ3) is 6.33. The summed E-state index contributed by atoms with van der Waals surface area (Å²) in [4.78, 5) is 16.3. The van der Waals surface area contributed by atoms with Crippen LogP contribution in [0.5, 0.6) is 11.5 Å². The van der Waals surface area contributed by atoms with Crippen molar-refractivity contribution in [2.45, 2.75) is 26.3 Å². The van der Waals surface area contributed by atoms with E-state index >= 15 is 0 Å². The van der Waals surface area contributed by atoms with Crippen LogP contribution in [0.4, 0.5) is 5.69 Å². The minimum Gasteiger partial charge on any atom is -0.497 e. The largest absolute Gasteiger partial charge is 0.497 e. The Hall–Kier alpha value is -2.76. The molecule has 0 spiro atoms. The van der Waals surface area contributed by atoms with Gasteiger partial charge in [-0.25, -0.2) is 0 Å². The molecule has 0 aliphatic heterocycles. The number of amides is 1. The lowest BCUT2D eigenvalue weighted by atomic mass is 10.1. The maximum atomic E-state index is 12.2. The summed E-state index contributed by atoms with van der Waals surface area (Å²) in [5, 5.41) is 6.12. The summed E-state index contributed by atoms with van der Waals surface area (Å²) in [6.07, 6.45) is 1.62. The molecule has 0 atom stereocenters. The first-order valence-electron chi connectivity index (χ1n) is 8.17. The monoisotopic (exact) mass is 343 g/mol. The average Bonchev–Trinajstić information content (AvgIpc) is 2.58. The summed E-state index contributed by atoms with van der Waals surface area (Å²) in [7, 11) is 1.62. The number of methoxy groups -OCH3 is 1. The van der Waals surface area contributed by atoms with E-state index in [1.54, 1.807) is 19.4 Å². The van der Waals surface area contributed by atoms with Gasteiger partial charge in [-0.2, -0.15) is 0 Å². The number of carbonyl (C=O) groups is 1. The third-order valence-electron chi connectivity index (χ3n) is 3.23. The number of carbonyl (C=O) groups excluding carboxylic acids is 1. The maximum Gasteiger partial charge on any atom is 0.270 e. The van der Waals surface area contributed by atoms with Gasteiger partial charge in [0.05, 0.1) is 13.7 Å². The Morgan fingerprint density at radius 1 is 1.12 bits per heavy atom.